The van der Waals surface area contributed by atoms with Gasteiger partial charge in [-0.2, -0.15) is 31.3 Å². The number of hydrogen-bond donors (Lipinski definition) is 2. The summed E-state index contributed by atoms with van der Waals surface area (Å²) in [5.74, 6) is -0.445. The zero-order chi connectivity index (χ0) is 20.5. The van der Waals surface area contributed by atoms with Crippen LogP contribution in [0.5, 0.6) is 0 Å². The standard InChI is InChI=1S/C16H16F6N4S/c1-14(2,3)26-13-24-11(15(17,18)19)8-12(25-13)23-9-5-4-6-10(7-9)27-16(20,21)22/h4-8H,1-3H3,(H2,23,24,25,26). The SMILES string of the molecule is CC(C)(C)Nc1nc(Nc2cccc(SC(F)(F)F)c2)cc(C(F)(F)F)n1. The van der Waals surface area contributed by atoms with Crippen molar-refractivity contribution in [2.24, 2.45) is 0 Å². The minimum absolute atomic E-state index is 0.106. The molecule has 0 saturated carbocycles. The number of alkyl halides is 6. The van der Waals surface area contributed by atoms with Crippen molar-refractivity contribution in [3.05, 3.63) is 36.0 Å². The van der Waals surface area contributed by atoms with E-state index in [2.05, 4.69) is 20.6 Å². The summed E-state index contributed by atoms with van der Waals surface area (Å²) in [6.45, 7) is 5.17. The second kappa shape index (κ2) is 7.45. The molecule has 2 aromatic rings. The Labute approximate surface area is 155 Å². The smallest absolute Gasteiger partial charge is 0.350 e. The van der Waals surface area contributed by atoms with E-state index in [1.165, 1.54) is 24.3 Å². The van der Waals surface area contributed by atoms with E-state index in [9.17, 15) is 26.3 Å². The highest BCUT2D eigenvalue weighted by molar-refractivity contribution is 8.00. The first-order valence-corrected chi connectivity index (χ1v) is 8.40. The molecule has 0 atom stereocenters. The molecule has 27 heavy (non-hydrogen) atoms. The molecule has 0 aliphatic carbocycles. The number of nitrogens with one attached hydrogen (secondary N) is 2. The Balaban J connectivity index is 2.35. The number of anilines is 3. The zero-order valence-electron chi connectivity index (χ0n) is 14.5. The lowest BCUT2D eigenvalue weighted by molar-refractivity contribution is -0.141. The molecule has 0 spiro atoms. The molecule has 0 unspecified atom stereocenters. The van der Waals surface area contributed by atoms with Gasteiger partial charge in [-0.15, -0.1) is 0 Å². The molecule has 11 heteroatoms. The number of benzene rings is 1. The fourth-order valence-electron chi connectivity index (χ4n) is 1.97. The molecule has 0 aliphatic heterocycles. The molecule has 2 rings (SSSR count). The van der Waals surface area contributed by atoms with Gasteiger partial charge in [0, 0.05) is 22.2 Å². The predicted molar refractivity (Wildman–Crippen MR) is 92.0 cm³/mol. The Morgan fingerprint density at radius 2 is 1.59 bits per heavy atom. The van der Waals surface area contributed by atoms with Crippen molar-refractivity contribution in [3.63, 3.8) is 0 Å². The maximum Gasteiger partial charge on any atom is 0.446 e. The first-order valence-electron chi connectivity index (χ1n) is 7.59. The number of halogens is 6. The summed E-state index contributed by atoms with van der Waals surface area (Å²) >= 11 is -0.321. The van der Waals surface area contributed by atoms with Crippen LogP contribution in [-0.2, 0) is 6.18 Å². The van der Waals surface area contributed by atoms with Crippen LogP contribution in [-0.4, -0.2) is 21.0 Å². The van der Waals surface area contributed by atoms with Crippen LogP contribution in [0.15, 0.2) is 35.2 Å². The van der Waals surface area contributed by atoms with Crippen LogP contribution in [0.3, 0.4) is 0 Å². The van der Waals surface area contributed by atoms with E-state index in [1.54, 1.807) is 20.8 Å². The third-order valence-corrected chi connectivity index (χ3v) is 3.56. The van der Waals surface area contributed by atoms with Crippen LogP contribution < -0.4 is 10.6 Å². The minimum atomic E-state index is -4.71. The normalized spacial score (nSPS) is 12.8. The summed E-state index contributed by atoms with van der Waals surface area (Å²) in [7, 11) is 0. The summed E-state index contributed by atoms with van der Waals surface area (Å²) in [6.07, 6.45) is -4.71. The topological polar surface area (TPSA) is 49.8 Å². The molecule has 0 saturated heterocycles. The molecule has 1 aromatic carbocycles. The van der Waals surface area contributed by atoms with Crippen LogP contribution in [0, 0.1) is 0 Å². The van der Waals surface area contributed by atoms with Gasteiger partial charge in [-0.05, 0) is 50.7 Å². The highest BCUT2D eigenvalue weighted by Gasteiger charge is 2.34. The summed E-state index contributed by atoms with van der Waals surface area (Å²) in [5, 5.41) is 5.34. The average molecular weight is 410 g/mol. The lowest BCUT2D eigenvalue weighted by Crippen LogP contribution is -2.28. The first-order chi connectivity index (χ1) is 12.2. The molecule has 148 valence electrons. The minimum Gasteiger partial charge on any atom is -0.350 e. The van der Waals surface area contributed by atoms with Gasteiger partial charge in [-0.25, -0.2) is 4.98 Å². The van der Waals surface area contributed by atoms with E-state index < -0.39 is 22.9 Å². The highest BCUT2D eigenvalue weighted by Crippen LogP contribution is 2.38. The van der Waals surface area contributed by atoms with Crippen molar-refractivity contribution in [1.82, 2.24) is 9.97 Å². The Hall–Kier alpha value is -2.17. The molecule has 0 aliphatic rings. The van der Waals surface area contributed by atoms with Gasteiger partial charge >= 0.3 is 11.7 Å². The van der Waals surface area contributed by atoms with Crippen LogP contribution in [0.1, 0.15) is 26.5 Å². The Bertz CT molecular complexity index is 799. The lowest BCUT2D eigenvalue weighted by Gasteiger charge is -2.21. The molecule has 1 heterocycles. The third kappa shape index (κ3) is 7.16. The van der Waals surface area contributed by atoms with Crippen molar-refractivity contribution >= 4 is 29.2 Å². The second-order valence-corrected chi connectivity index (χ2v) is 7.67. The van der Waals surface area contributed by atoms with Crippen molar-refractivity contribution in [2.45, 2.75) is 42.9 Å². The van der Waals surface area contributed by atoms with Crippen molar-refractivity contribution in [3.8, 4) is 0 Å². The van der Waals surface area contributed by atoms with Gasteiger partial charge < -0.3 is 10.6 Å². The summed E-state index contributed by atoms with van der Waals surface area (Å²) < 4.78 is 76.7. The number of rotatable bonds is 4. The number of nitrogens with zero attached hydrogens (tertiary/aromatic N) is 2. The van der Waals surface area contributed by atoms with E-state index in [0.29, 0.717) is 6.07 Å². The molecular formula is C16H16F6N4S. The van der Waals surface area contributed by atoms with Gasteiger partial charge in [0.1, 0.15) is 5.82 Å². The van der Waals surface area contributed by atoms with Crippen molar-refractivity contribution < 1.29 is 26.3 Å². The lowest BCUT2D eigenvalue weighted by atomic mass is 10.1. The monoisotopic (exact) mass is 410 g/mol. The Morgan fingerprint density at radius 3 is 2.15 bits per heavy atom. The zero-order valence-corrected chi connectivity index (χ0v) is 15.3. The van der Waals surface area contributed by atoms with E-state index in [0.717, 1.165) is 0 Å². The van der Waals surface area contributed by atoms with Gasteiger partial charge in [-0.3, -0.25) is 0 Å². The quantitative estimate of drug-likeness (QED) is 0.474. The third-order valence-electron chi connectivity index (χ3n) is 2.84. The Morgan fingerprint density at radius 1 is 0.926 bits per heavy atom. The predicted octanol–water partition coefficient (Wildman–Crippen LogP) is 6.06. The van der Waals surface area contributed by atoms with Gasteiger partial charge in [-0.1, -0.05) is 6.07 Å². The van der Waals surface area contributed by atoms with Crippen molar-refractivity contribution in [2.75, 3.05) is 10.6 Å². The van der Waals surface area contributed by atoms with Gasteiger partial charge in [0.2, 0.25) is 5.95 Å². The first kappa shape index (κ1) is 21.1. The fourth-order valence-corrected chi connectivity index (χ4v) is 2.57. The fraction of sp³-hybridized carbons (Fsp3) is 0.375. The van der Waals surface area contributed by atoms with E-state index in [4.69, 9.17) is 0 Å². The van der Waals surface area contributed by atoms with Crippen LogP contribution in [0.25, 0.3) is 0 Å². The molecule has 2 N–H and O–H groups in total. The second-order valence-electron chi connectivity index (χ2n) is 6.54. The van der Waals surface area contributed by atoms with Gasteiger partial charge in [0.15, 0.2) is 5.69 Å². The largest absolute Gasteiger partial charge is 0.446 e. The molecular weight excluding hydrogens is 394 g/mol. The highest BCUT2D eigenvalue weighted by atomic mass is 32.2. The average Bonchev–Trinajstić information content (AvgIpc) is 2.42. The summed E-state index contributed by atoms with van der Waals surface area (Å²) in [4.78, 5) is 7.32. The maximum atomic E-state index is 13.1. The summed E-state index contributed by atoms with van der Waals surface area (Å²) in [5.41, 5.74) is -6.07. The van der Waals surface area contributed by atoms with Crippen LogP contribution in [0.2, 0.25) is 0 Å². The van der Waals surface area contributed by atoms with E-state index in [-0.39, 0.29) is 34.1 Å². The van der Waals surface area contributed by atoms with E-state index in [1.807, 2.05) is 0 Å². The van der Waals surface area contributed by atoms with Gasteiger partial charge in [0.25, 0.3) is 0 Å². The molecule has 4 nitrogen and oxygen atoms in total. The van der Waals surface area contributed by atoms with Crippen molar-refractivity contribution in [1.29, 1.82) is 0 Å². The summed E-state index contributed by atoms with van der Waals surface area (Å²) in [6, 6.07) is 5.89. The van der Waals surface area contributed by atoms with Crippen LogP contribution >= 0.6 is 11.8 Å². The van der Waals surface area contributed by atoms with E-state index >= 15 is 0 Å². The molecule has 0 radical (unpaired) electrons. The maximum absolute atomic E-state index is 13.1. The van der Waals surface area contributed by atoms with Crippen LogP contribution in [0.4, 0.5) is 43.8 Å². The number of aromatic nitrogens is 2. The number of thioether (sulfide) groups is 1. The van der Waals surface area contributed by atoms with Gasteiger partial charge in [0.05, 0.1) is 0 Å². The molecule has 0 amide bonds. The molecule has 1 aromatic heterocycles. The Kier molecular flexibility index (Phi) is 5.83. The number of hydrogen-bond acceptors (Lipinski definition) is 5. The molecule has 0 fully saturated rings. The molecule has 0 bridgehead atoms.